The Balaban J connectivity index is 1.78. The first-order chi connectivity index (χ1) is 11.1. The number of ether oxygens (including phenoxy) is 1. The van der Waals surface area contributed by atoms with E-state index in [4.69, 9.17) is 4.74 Å². The van der Waals surface area contributed by atoms with Gasteiger partial charge in [-0.05, 0) is 37.6 Å². The van der Waals surface area contributed by atoms with E-state index >= 15 is 0 Å². The number of benzene rings is 2. The third-order valence-corrected chi connectivity index (χ3v) is 3.82. The molecule has 0 saturated heterocycles. The van der Waals surface area contributed by atoms with E-state index in [9.17, 15) is 4.79 Å². The third kappa shape index (κ3) is 3.04. The molecular formula is C18H19N3O2. The molecule has 1 aromatic heterocycles. The number of hydrogen-bond acceptors (Lipinski definition) is 3. The predicted molar refractivity (Wildman–Crippen MR) is 89.7 cm³/mol. The van der Waals surface area contributed by atoms with Crippen LogP contribution in [0.3, 0.4) is 0 Å². The fourth-order valence-electron chi connectivity index (χ4n) is 2.82. The molecule has 0 spiro atoms. The van der Waals surface area contributed by atoms with E-state index in [-0.39, 0.29) is 5.91 Å². The zero-order chi connectivity index (χ0) is 16.4. The summed E-state index contributed by atoms with van der Waals surface area (Å²) in [6.07, 6.45) is 1.62. The first-order valence-corrected chi connectivity index (χ1v) is 7.44. The molecule has 5 nitrogen and oxygen atoms in total. The molecule has 118 valence electrons. The Hall–Kier alpha value is -2.82. The number of methoxy groups -OCH3 is 1. The Kier molecular flexibility index (Phi) is 4.02. The third-order valence-electron chi connectivity index (χ3n) is 3.82. The van der Waals surface area contributed by atoms with Crippen molar-refractivity contribution < 1.29 is 9.53 Å². The monoisotopic (exact) mass is 309 g/mol. The lowest BCUT2D eigenvalue weighted by molar-refractivity contribution is 0.0951. The minimum absolute atomic E-state index is 0.122. The van der Waals surface area contributed by atoms with Gasteiger partial charge < -0.3 is 15.0 Å². The Labute approximate surface area is 134 Å². The average molecular weight is 309 g/mol. The van der Waals surface area contributed by atoms with Gasteiger partial charge in [0.05, 0.1) is 24.5 Å². The number of H-pyrrole nitrogens is 1. The smallest absolute Gasteiger partial charge is 0.251 e. The summed E-state index contributed by atoms with van der Waals surface area (Å²) in [7, 11) is 1.65. The van der Waals surface area contributed by atoms with Crippen LogP contribution in [0.1, 0.15) is 27.0 Å². The Morgan fingerprint density at radius 3 is 2.87 bits per heavy atom. The van der Waals surface area contributed by atoms with E-state index < -0.39 is 0 Å². The van der Waals surface area contributed by atoms with Crippen LogP contribution in [0.2, 0.25) is 0 Å². The van der Waals surface area contributed by atoms with Crippen LogP contribution in [-0.4, -0.2) is 23.0 Å². The van der Waals surface area contributed by atoms with Gasteiger partial charge in [0.1, 0.15) is 5.75 Å². The van der Waals surface area contributed by atoms with Crippen molar-refractivity contribution >= 4 is 16.9 Å². The summed E-state index contributed by atoms with van der Waals surface area (Å²) in [4.78, 5) is 19.5. The van der Waals surface area contributed by atoms with Crippen molar-refractivity contribution in [1.29, 1.82) is 0 Å². The number of aromatic amines is 1. The van der Waals surface area contributed by atoms with Crippen molar-refractivity contribution in [2.24, 2.45) is 0 Å². The standard InChI is InChI=1S/C18H19N3O2/c1-11-6-12(2)17(23-3)14(7-11)9-19-18(22)13-4-5-15-16(8-13)21-10-20-15/h4-8,10H,9H2,1-3H3,(H,19,22)(H,20,21). The molecule has 0 atom stereocenters. The van der Waals surface area contributed by atoms with Crippen molar-refractivity contribution in [3.63, 3.8) is 0 Å². The van der Waals surface area contributed by atoms with Gasteiger partial charge >= 0.3 is 0 Å². The van der Waals surface area contributed by atoms with Gasteiger partial charge in [0, 0.05) is 17.7 Å². The molecule has 23 heavy (non-hydrogen) atoms. The molecule has 1 heterocycles. The quantitative estimate of drug-likeness (QED) is 0.778. The van der Waals surface area contributed by atoms with E-state index in [1.807, 2.05) is 26.0 Å². The van der Waals surface area contributed by atoms with Gasteiger partial charge in [0.15, 0.2) is 0 Å². The number of nitrogens with zero attached hydrogens (tertiary/aromatic N) is 1. The van der Waals surface area contributed by atoms with Crippen molar-refractivity contribution in [1.82, 2.24) is 15.3 Å². The molecular weight excluding hydrogens is 290 g/mol. The summed E-state index contributed by atoms with van der Waals surface area (Å²) in [5.74, 6) is 0.697. The highest BCUT2D eigenvalue weighted by Crippen LogP contribution is 2.25. The minimum atomic E-state index is -0.122. The van der Waals surface area contributed by atoms with Gasteiger partial charge in [0.2, 0.25) is 0 Å². The molecule has 0 aliphatic heterocycles. The Morgan fingerprint density at radius 1 is 1.26 bits per heavy atom. The van der Waals surface area contributed by atoms with E-state index in [2.05, 4.69) is 21.4 Å². The molecule has 3 rings (SSSR count). The molecule has 0 aliphatic carbocycles. The van der Waals surface area contributed by atoms with Crippen molar-refractivity contribution in [3.8, 4) is 5.75 Å². The largest absolute Gasteiger partial charge is 0.496 e. The summed E-state index contributed by atoms with van der Waals surface area (Å²) in [6.45, 7) is 4.46. The lowest BCUT2D eigenvalue weighted by Gasteiger charge is -2.13. The van der Waals surface area contributed by atoms with Gasteiger partial charge in [-0.15, -0.1) is 0 Å². The fourth-order valence-corrected chi connectivity index (χ4v) is 2.82. The number of hydrogen-bond donors (Lipinski definition) is 2. The Bertz CT molecular complexity index is 868. The SMILES string of the molecule is COc1c(C)cc(C)cc1CNC(=O)c1ccc2nc[nH]c2c1. The molecule has 0 radical (unpaired) electrons. The highest BCUT2D eigenvalue weighted by atomic mass is 16.5. The summed E-state index contributed by atoms with van der Waals surface area (Å²) in [5, 5.41) is 2.95. The lowest BCUT2D eigenvalue weighted by Crippen LogP contribution is -2.23. The first-order valence-electron chi connectivity index (χ1n) is 7.44. The molecule has 2 N–H and O–H groups in total. The zero-order valence-electron chi connectivity index (χ0n) is 13.4. The molecule has 3 aromatic rings. The summed E-state index contributed by atoms with van der Waals surface area (Å²) in [6, 6.07) is 9.51. The average Bonchev–Trinajstić information content (AvgIpc) is 2.99. The minimum Gasteiger partial charge on any atom is -0.496 e. The molecule has 1 amide bonds. The molecule has 5 heteroatoms. The van der Waals surface area contributed by atoms with Gasteiger partial charge in [-0.25, -0.2) is 4.98 Å². The maximum absolute atomic E-state index is 12.4. The molecule has 0 fully saturated rings. The number of nitrogens with one attached hydrogen (secondary N) is 2. The van der Waals surface area contributed by atoms with Crippen molar-refractivity contribution in [3.05, 3.63) is 58.9 Å². The first kappa shape index (κ1) is 15.1. The second-order valence-electron chi connectivity index (χ2n) is 5.59. The maximum Gasteiger partial charge on any atom is 0.251 e. The number of amides is 1. The second kappa shape index (κ2) is 6.12. The van der Waals surface area contributed by atoms with Crippen LogP contribution in [0.15, 0.2) is 36.7 Å². The molecule has 2 aromatic carbocycles. The van der Waals surface area contributed by atoms with Gasteiger partial charge in [0.25, 0.3) is 5.91 Å². The van der Waals surface area contributed by atoms with Gasteiger partial charge in [-0.2, -0.15) is 0 Å². The maximum atomic E-state index is 12.4. The fraction of sp³-hybridized carbons (Fsp3) is 0.222. The van der Waals surface area contributed by atoms with E-state index in [0.29, 0.717) is 12.1 Å². The summed E-state index contributed by atoms with van der Waals surface area (Å²) < 4.78 is 5.45. The zero-order valence-corrected chi connectivity index (χ0v) is 13.4. The number of carbonyl (C=O) groups is 1. The van der Waals surface area contributed by atoms with E-state index in [1.165, 1.54) is 0 Å². The van der Waals surface area contributed by atoms with Crippen LogP contribution in [-0.2, 0) is 6.54 Å². The highest BCUT2D eigenvalue weighted by Gasteiger charge is 2.11. The number of carbonyl (C=O) groups excluding carboxylic acids is 1. The predicted octanol–water partition coefficient (Wildman–Crippen LogP) is 3.12. The Morgan fingerprint density at radius 2 is 2.09 bits per heavy atom. The summed E-state index contributed by atoms with van der Waals surface area (Å²) >= 11 is 0. The number of rotatable bonds is 4. The molecule has 0 aliphatic rings. The molecule has 0 unspecified atom stereocenters. The number of aryl methyl sites for hydroxylation is 2. The summed E-state index contributed by atoms with van der Waals surface area (Å²) in [5.41, 5.74) is 5.48. The van der Waals surface area contributed by atoms with Gasteiger partial charge in [-0.3, -0.25) is 4.79 Å². The van der Waals surface area contributed by atoms with Crippen molar-refractivity contribution in [2.45, 2.75) is 20.4 Å². The van der Waals surface area contributed by atoms with Crippen LogP contribution in [0.4, 0.5) is 0 Å². The van der Waals surface area contributed by atoms with E-state index in [0.717, 1.165) is 33.5 Å². The van der Waals surface area contributed by atoms with Crippen LogP contribution in [0, 0.1) is 13.8 Å². The van der Waals surface area contributed by atoms with Crippen LogP contribution >= 0.6 is 0 Å². The van der Waals surface area contributed by atoms with Crippen LogP contribution in [0.25, 0.3) is 11.0 Å². The van der Waals surface area contributed by atoms with Crippen LogP contribution in [0.5, 0.6) is 5.75 Å². The van der Waals surface area contributed by atoms with Gasteiger partial charge in [-0.1, -0.05) is 17.7 Å². The normalized spacial score (nSPS) is 10.7. The topological polar surface area (TPSA) is 67.0 Å². The number of aromatic nitrogens is 2. The number of fused-ring (bicyclic) bond motifs is 1. The molecule has 0 saturated carbocycles. The highest BCUT2D eigenvalue weighted by molar-refractivity contribution is 5.97. The van der Waals surface area contributed by atoms with Crippen LogP contribution < -0.4 is 10.1 Å². The van der Waals surface area contributed by atoms with Crippen molar-refractivity contribution in [2.75, 3.05) is 7.11 Å². The number of imidazole rings is 1. The van der Waals surface area contributed by atoms with E-state index in [1.54, 1.807) is 25.6 Å². The molecule has 0 bridgehead atoms. The lowest BCUT2D eigenvalue weighted by atomic mass is 10.1. The second-order valence-corrected chi connectivity index (χ2v) is 5.59.